The molecule has 94 valence electrons. The Kier molecular flexibility index (Phi) is 4.00. The summed E-state index contributed by atoms with van der Waals surface area (Å²) in [6, 6.07) is 0. The molecule has 1 saturated carbocycles. The fourth-order valence-corrected chi connectivity index (χ4v) is 2.55. The van der Waals surface area contributed by atoms with E-state index in [-0.39, 0.29) is 5.97 Å². The third-order valence-corrected chi connectivity index (χ3v) is 4.63. The summed E-state index contributed by atoms with van der Waals surface area (Å²) < 4.78 is 4.59. The van der Waals surface area contributed by atoms with Crippen LogP contribution in [0.3, 0.4) is 0 Å². The summed E-state index contributed by atoms with van der Waals surface area (Å²) in [5.41, 5.74) is 0.894. The van der Waals surface area contributed by atoms with Crippen molar-refractivity contribution in [2.75, 3.05) is 20.2 Å². The second-order valence-electron chi connectivity index (χ2n) is 5.88. The van der Waals surface area contributed by atoms with Gasteiger partial charge in [0.1, 0.15) is 0 Å². The number of hydrogen-bond donors (Lipinski definition) is 1. The fourth-order valence-electron chi connectivity index (χ4n) is 2.55. The average molecular weight is 227 g/mol. The summed E-state index contributed by atoms with van der Waals surface area (Å²) >= 11 is 0. The van der Waals surface area contributed by atoms with Crippen molar-refractivity contribution < 1.29 is 9.53 Å². The molecule has 3 heteroatoms. The molecule has 3 nitrogen and oxygen atoms in total. The van der Waals surface area contributed by atoms with Crippen LogP contribution in [0.25, 0.3) is 0 Å². The molecule has 0 aromatic heterocycles. The van der Waals surface area contributed by atoms with Crippen molar-refractivity contribution >= 4 is 5.97 Å². The first-order valence-corrected chi connectivity index (χ1v) is 6.11. The molecule has 0 amide bonds. The molecule has 1 N–H and O–H groups in total. The van der Waals surface area contributed by atoms with Crippen molar-refractivity contribution in [3.8, 4) is 0 Å². The molecule has 16 heavy (non-hydrogen) atoms. The van der Waals surface area contributed by atoms with Gasteiger partial charge in [-0.1, -0.05) is 27.7 Å². The lowest BCUT2D eigenvalue weighted by Crippen LogP contribution is -2.21. The van der Waals surface area contributed by atoms with Crippen molar-refractivity contribution in [1.82, 2.24) is 5.32 Å². The maximum Gasteiger partial charge on any atom is 0.305 e. The van der Waals surface area contributed by atoms with Gasteiger partial charge in [-0.3, -0.25) is 4.79 Å². The first-order chi connectivity index (χ1) is 7.34. The van der Waals surface area contributed by atoms with E-state index in [1.807, 2.05) is 0 Å². The van der Waals surface area contributed by atoms with Gasteiger partial charge in [0.05, 0.1) is 7.11 Å². The number of hydrogen-bond acceptors (Lipinski definition) is 3. The van der Waals surface area contributed by atoms with E-state index < -0.39 is 0 Å². The van der Waals surface area contributed by atoms with Gasteiger partial charge in [0.2, 0.25) is 0 Å². The number of methoxy groups -OCH3 is 1. The number of rotatable bonds is 6. The topological polar surface area (TPSA) is 38.3 Å². The quantitative estimate of drug-likeness (QED) is 0.558. The first kappa shape index (κ1) is 13.5. The zero-order valence-electron chi connectivity index (χ0n) is 11.2. The van der Waals surface area contributed by atoms with Crippen LogP contribution in [-0.4, -0.2) is 26.2 Å². The van der Waals surface area contributed by atoms with Gasteiger partial charge in [-0.05, 0) is 36.3 Å². The normalized spacial score (nSPS) is 21.8. The zero-order chi connectivity index (χ0) is 12.4. The van der Waals surface area contributed by atoms with Crippen LogP contribution in [-0.2, 0) is 9.53 Å². The predicted molar refractivity (Wildman–Crippen MR) is 65.2 cm³/mol. The Labute approximate surface area is 98.9 Å². The maximum atomic E-state index is 10.9. The zero-order valence-corrected chi connectivity index (χ0v) is 11.2. The Morgan fingerprint density at radius 2 is 1.81 bits per heavy atom. The molecule has 1 aliphatic carbocycles. The van der Waals surface area contributed by atoms with Gasteiger partial charge >= 0.3 is 5.97 Å². The monoisotopic (exact) mass is 227 g/mol. The molecular formula is C13H25NO2. The molecule has 0 bridgehead atoms. The summed E-state index contributed by atoms with van der Waals surface area (Å²) in [6.07, 6.45) is 1.38. The van der Waals surface area contributed by atoms with Crippen molar-refractivity contribution in [2.45, 2.75) is 40.5 Å². The second-order valence-corrected chi connectivity index (χ2v) is 5.88. The molecule has 0 radical (unpaired) electrons. The van der Waals surface area contributed by atoms with E-state index in [0.29, 0.717) is 17.3 Å². The molecule has 0 aromatic carbocycles. The lowest BCUT2D eigenvalue weighted by atomic mass is 10.0. The molecule has 0 unspecified atom stereocenters. The third kappa shape index (κ3) is 2.57. The molecule has 1 fully saturated rings. The van der Waals surface area contributed by atoms with Crippen LogP contribution in [0.4, 0.5) is 0 Å². The van der Waals surface area contributed by atoms with Gasteiger partial charge in [-0.25, -0.2) is 0 Å². The molecule has 1 rings (SSSR count). The van der Waals surface area contributed by atoms with E-state index in [2.05, 4.69) is 37.7 Å². The lowest BCUT2D eigenvalue weighted by Gasteiger charge is -2.05. The number of esters is 1. The fraction of sp³-hybridized carbons (Fsp3) is 0.923. The van der Waals surface area contributed by atoms with Crippen molar-refractivity contribution in [1.29, 1.82) is 0 Å². The molecular weight excluding hydrogens is 202 g/mol. The molecule has 0 aliphatic heterocycles. The number of carbonyl (C=O) groups is 1. The number of carbonyl (C=O) groups excluding carboxylic acids is 1. The Bertz CT molecular complexity index is 245. The van der Waals surface area contributed by atoms with Crippen LogP contribution in [0.1, 0.15) is 40.5 Å². The smallest absolute Gasteiger partial charge is 0.305 e. The summed E-state index contributed by atoms with van der Waals surface area (Å²) in [4.78, 5) is 10.9. The van der Waals surface area contributed by atoms with E-state index in [1.165, 1.54) is 7.11 Å². The largest absolute Gasteiger partial charge is 0.469 e. The van der Waals surface area contributed by atoms with Crippen molar-refractivity contribution in [2.24, 2.45) is 16.7 Å². The summed E-state index contributed by atoms with van der Waals surface area (Å²) in [5.74, 6) is 0.631. The summed E-state index contributed by atoms with van der Waals surface area (Å²) in [6.45, 7) is 11.3. The Morgan fingerprint density at radius 3 is 2.25 bits per heavy atom. The van der Waals surface area contributed by atoms with Gasteiger partial charge < -0.3 is 10.1 Å². The lowest BCUT2D eigenvalue weighted by molar-refractivity contribution is -0.140. The maximum absolute atomic E-state index is 10.9. The SMILES string of the molecule is COC(=O)CCCNCC1C(C)(C)C1(C)C. The Balaban J connectivity index is 2.08. The number of ether oxygens (including phenoxy) is 1. The van der Waals surface area contributed by atoms with Crippen molar-refractivity contribution in [3.05, 3.63) is 0 Å². The van der Waals surface area contributed by atoms with Crippen molar-refractivity contribution in [3.63, 3.8) is 0 Å². The third-order valence-electron chi connectivity index (χ3n) is 4.63. The molecule has 0 heterocycles. The van der Waals surface area contributed by atoms with Gasteiger partial charge in [0.25, 0.3) is 0 Å². The molecule has 0 saturated heterocycles. The van der Waals surface area contributed by atoms with Gasteiger partial charge in [0, 0.05) is 6.42 Å². The highest BCUT2D eigenvalue weighted by Gasteiger charge is 2.63. The minimum Gasteiger partial charge on any atom is -0.469 e. The van der Waals surface area contributed by atoms with Gasteiger partial charge in [-0.2, -0.15) is 0 Å². The van der Waals surface area contributed by atoms with E-state index in [1.54, 1.807) is 0 Å². The highest BCUT2D eigenvalue weighted by Crippen LogP contribution is 2.67. The summed E-state index contributed by atoms with van der Waals surface area (Å²) in [5, 5.41) is 3.43. The highest BCUT2D eigenvalue weighted by atomic mass is 16.5. The second kappa shape index (κ2) is 4.74. The average Bonchev–Trinajstić information content (AvgIpc) is 2.59. The molecule has 0 spiro atoms. The van der Waals surface area contributed by atoms with Crippen LogP contribution in [0, 0.1) is 16.7 Å². The Morgan fingerprint density at radius 1 is 1.25 bits per heavy atom. The standard InChI is InChI=1S/C13H25NO2/c1-12(2)10(13(12,3)4)9-14-8-6-7-11(15)16-5/h10,14H,6-9H2,1-5H3. The van der Waals surface area contributed by atoms with E-state index in [0.717, 1.165) is 25.4 Å². The molecule has 1 aliphatic rings. The predicted octanol–water partition coefficient (Wildman–Crippen LogP) is 2.21. The van der Waals surface area contributed by atoms with Crippen LogP contribution >= 0.6 is 0 Å². The van der Waals surface area contributed by atoms with Gasteiger partial charge in [-0.15, -0.1) is 0 Å². The summed E-state index contributed by atoms with van der Waals surface area (Å²) in [7, 11) is 1.44. The first-order valence-electron chi connectivity index (χ1n) is 6.11. The van der Waals surface area contributed by atoms with Crippen LogP contribution in [0.15, 0.2) is 0 Å². The Hall–Kier alpha value is -0.570. The van der Waals surface area contributed by atoms with E-state index in [4.69, 9.17) is 0 Å². The molecule has 0 atom stereocenters. The van der Waals surface area contributed by atoms with Crippen LogP contribution < -0.4 is 5.32 Å². The highest BCUT2D eigenvalue weighted by molar-refractivity contribution is 5.69. The molecule has 0 aromatic rings. The van der Waals surface area contributed by atoms with Crippen LogP contribution in [0.5, 0.6) is 0 Å². The van der Waals surface area contributed by atoms with Gasteiger partial charge in [0.15, 0.2) is 0 Å². The van der Waals surface area contributed by atoms with E-state index in [9.17, 15) is 4.79 Å². The number of nitrogens with one attached hydrogen (secondary N) is 1. The minimum atomic E-state index is -0.117. The minimum absolute atomic E-state index is 0.117. The van der Waals surface area contributed by atoms with E-state index >= 15 is 0 Å². The van der Waals surface area contributed by atoms with Crippen LogP contribution in [0.2, 0.25) is 0 Å².